The lowest BCUT2D eigenvalue weighted by Gasteiger charge is -2.10. The lowest BCUT2D eigenvalue weighted by Crippen LogP contribution is -1.91. The summed E-state index contributed by atoms with van der Waals surface area (Å²) >= 11 is 5.93. The Morgan fingerprint density at radius 3 is 1.77 bits per heavy atom. The number of halogens is 1. The highest BCUT2D eigenvalue weighted by atomic mass is 35.5. The van der Waals surface area contributed by atoms with Gasteiger partial charge in [-0.3, -0.25) is 0 Å². The van der Waals surface area contributed by atoms with Gasteiger partial charge in [0.05, 0.1) is 0 Å². The van der Waals surface area contributed by atoms with E-state index in [0.29, 0.717) is 0 Å². The molecular weight excluding hydrogens is 290 g/mol. The lowest BCUT2D eigenvalue weighted by molar-refractivity contribution is 1.34. The van der Waals surface area contributed by atoms with Gasteiger partial charge >= 0.3 is 0 Å². The summed E-state index contributed by atoms with van der Waals surface area (Å²) < 4.78 is 0. The zero-order chi connectivity index (χ0) is 15.5. The van der Waals surface area contributed by atoms with Gasteiger partial charge in [-0.1, -0.05) is 41.9 Å². The average molecular weight is 308 g/mol. The summed E-state index contributed by atoms with van der Waals surface area (Å²) in [6.45, 7) is 4.25. The maximum atomic E-state index is 5.93. The van der Waals surface area contributed by atoms with Crippen molar-refractivity contribution in [1.82, 2.24) is 0 Å². The highest BCUT2D eigenvalue weighted by molar-refractivity contribution is 6.30. The lowest BCUT2D eigenvalue weighted by atomic mass is 10.1. The molecule has 0 unspecified atom stereocenters. The molecule has 3 aromatic carbocycles. The number of rotatable bonds is 3. The highest BCUT2D eigenvalue weighted by Crippen LogP contribution is 2.25. The number of hydrogen-bond donors (Lipinski definition) is 1. The molecule has 3 rings (SSSR count). The van der Waals surface area contributed by atoms with Gasteiger partial charge in [-0.15, -0.1) is 0 Å². The van der Waals surface area contributed by atoms with Crippen molar-refractivity contribution >= 4 is 23.0 Å². The van der Waals surface area contributed by atoms with Crippen LogP contribution in [0.25, 0.3) is 11.1 Å². The van der Waals surface area contributed by atoms with Crippen LogP contribution in [0.2, 0.25) is 5.02 Å². The van der Waals surface area contributed by atoms with Gasteiger partial charge in [-0.05, 0) is 72.5 Å². The standard InChI is InChI=1S/C20H18ClN/c1-14-3-10-20(13-15(14)2)22-19-11-6-17(7-12-19)16-4-8-18(21)9-5-16/h3-13,22H,1-2H3. The average Bonchev–Trinajstić information content (AvgIpc) is 2.53. The third-order valence-corrected chi connectivity index (χ3v) is 4.11. The summed E-state index contributed by atoms with van der Waals surface area (Å²) in [5.74, 6) is 0. The van der Waals surface area contributed by atoms with Gasteiger partial charge in [0, 0.05) is 16.4 Å². The molecule has 0 radical (unpaired) electrons. The second-order valence-electron chi connectivity index (χ2n) is 5.51. The van der Waals surface area contributed by atoms with Crippen molar-refractivity contribution in [3.63, 3.8) is 0 Å². The molecule has 22 heavy (non-hydrogen) atoms. The molecule has 0 aliphatic heterocycles. The van der Waals surface area contributed by atoms with E-state index < -0.39 is 0 Å². The van der Waals surface area contributed by atoms with Crippen LogP contribution >= 0.6 is 11.6 Å². The molecule has 3 aromatic rings. The predicted octanol–water partition coefficient (Wildman–Crippen LogP) is 6.37. The van der Waals surface area contributed by atoms with E-state index in [1.807, 2.05) is 24.3 Å². The largest absolute Gasteiger partial charge is 0.356 e. The predicted molar refractivity (Wildman–Crippen MR) is 96.1 cm³/mol. The topological polar surface area (TPSA) is 12.0 Å². The van der Waals surface area contributed by atoms with Crippen molar-refractivity contribution in [2.24, 2.45) is 0 Å². The molecule has 2 heteroatoms. The van der Waals surface area contributed by atoms with Crippen LogP contribution in [0.3, 0.4) is 0 Å². The van der Waals surface area contributed by atoms with Crippen LogP contribution in [0, 0.1) is 13.8 Å². The Kier molecular flexibility index (Phi) is 4.17. The highest BCUT2D eigenvalue weighted by Gasteiger charge is 2.00. The van der Waals surface area contributed by atoms with E-state index in [4.69, 9.17) is 11.6 Å². The Labute approximate surface area is 136 Å². The zero-order valence-corrected chi connectivity index (χ0v) is 13.5. The minimum absolute atomic E-state index is 0.761. The van der Waals surface area contributed by atoms with Crippen LogP contribution in [0.15, 0.2) is 66.7 Å². The van der Waals surface area contributed by atoms with Gasteiger partial charge in [-0.25, -0.2) is 0 Å². The molecule has 0 fully saturated rings. The summed E-state index contributed by atoms with van der Waals surface area (Å²) in [7, 11) is 0. The minimum atomic E-state index is 0.761. The fourth-order valence-electron chi connectivity index (χ4n) is 2.37. The molecule has 0 atom stereocenters. The Morgan fingerprint density at radius 2 is 1.18 bits per heavy atom. The van der Waals surface area contributed by atoms with Crippen LogP contribution in [0.4, 0.5) is 11.4 Å². The quantitative estimate of drug-likeness (QED) is 0.593. The first kappa shape index (κ1) is 14.7. The van der Waals surface area contributed by atoms with Crippen molar-refractivity contribution < 1.29 is 0 Å². The van der Waals surface area contributed by atoms with E-state index in [1.54, 1.807) is 0 Å². The molecule has 0 aromatic heterocycles. The third kappa shape index (κ3) is 3.32. The molecule has 1 N–H and O–H groups in total. The maximum Gasteiger partial charge on any atom is 0.0406 e. The summed E-state index contributed by atoms with van der Waals surface area (Å²) in [5.41, 5.74) is 7.15. The second kappa shape index (κ2) is 6.25. The van der Waals surface area contributed by atoms with Gasteiger partial charge in [0.15, 0.2) is 0 Å². The first-order valence-electron chi connectivity index (χ1n) is 7.32. The number of benzene rings is 3. The fraction of sp³-hybridized carbons (Fsp3) is 0.100. The van der Waals surface area contributed by atoms with E-state index in [1.165, 1.54) is 22.3 Å². The number of nitrogens with one attached hydrogen (secondary N) is 1. The van der Waals surface area contributed by atoms with Crippen LogP contribution in [-0.2, 0) is 0 Å². The van der Waals surface area contributed by atoms with E-state index in [2.05, 4.69) is 61.6 Å². The minimum Gasteiger partial charge on any atom is -0.356 e. The van der Waals surface area contributed by atoms with E-state index in [9.17, 15) is 0 Å². The summed E-state index contributed by atoms with van der Waals surface area (Å²) in [6.07, 6.45) is 0. The summed E-state index contributed by atoms with van der Waals surface area (Å²) in [6, 6.07) is 22.7. The monoisotopic (exact) mass is 307 g/mol. The van der Waals surface area contributed by atoms with Crippen molar-refractivity contribution in [3.8, 4) is 11.1 Å². The summed E-state index contributed by atoms with van der Waals surface area (Å²) in [4.78, 5) is 0. The van der Waals surface area contributed by atoms with Crippen LogP contribution in [0.5, 0.6) is 0 Å². The van der Waals surface area contributed by atoms with E-state index in [0.717, 1.165) is 16.4 Å². The third-order valence-electron chi connectivity index (χ3n) is 3.86. The Bertz CT molecular complexity index is 774. The van der Waals surface area contributed by atoms with Gasteiger partial charge in [0.25, 0.3) is 0 Å². The number of anilines is 2. The van der Waals surface area contributed by atoms with Gasteiger partial charge < -0.3 is 5.32 Å². The first-order valence-corrected chi connectivity index (χ1v) is 7.70. The van der Waals surface area contributed by atoms with Gasteiger partial charge in [0.1, 0.15) is 0 Å². The van der Waals surface area contributed by atoms with Crippen molar-refractivity contribution in [1.29, 1.82) is 0 Å². The molecule has 0 saturated carbocycles. The molecule has 0 saturated heterocycles. The van der Waals surface area contributed by atoms with E-state index in [-0.39, 0.29) is 0 Å². The first-order chi connectivity index (χ1) is 10.6. The molecule has 0 aliphatic rings. The molecule has 0 bridgehead atoms. The van der Waals surface area contributed by atoms with Crippen molar-refractivity contribution in [2.45, 2.75) is 13.8 Å². The Hall–Kier alpha value is -2.25. The normalized spacial score (nSPS) is 10.5. The van der Waals surface area contributed by atoms with Gasteiger partial charge in [-0.2, -0.15) is 0 Å². The number of aryl methyl sites for hydroxylation is 2. The Morgan fingerprint density at radius 1 is 0.636 bits per heavy atom. The van der Waals surface area contributed by atoms with Crippen LogP contribution in [0.1, 0.15) is 11.1 Å². The fourth-order valence-corrected chi connectivity index (χ4v) is 2.50. The van der Waals surface area contributed by atoms with E-state index >= 15 is 0 Å². The summed E-state index contributed by atoms with van der Waals surface area (Å²) in [5, 5.41) is 4.20. The van der Waals surface area contributed by atoms with Gasteiger partial charge in [0.2, 0.25) is 0 Å². The van der Waals surface area contributed by atoms with Crippen molar-refractivity contribution in [3.05, 3.63) is 82.9 Å². The molecule has 0 aliphatic carbocycles. The number of hydrogen-bond acceptors (Lipinski definition) is 1. The molecule has 0 heterocycles. The second-order valence-corrected chi connectivity index (χ2v) is 5.94. The SMILES string of the molecule is Cc1ccc(Nc2ccc(-c3ccc(Cl)cc3)cc2)cc1C. The van der Waals surface area contributed by atoms with Crippen LogP contribution < -0.4 is 5.32 Å². The smallest absolute Gasteiger partial charge is 0.0406 e. The van der Waals surface area contributed by atoms with Crippen molar-refractivity contribution in [2.75, 3.05) is 5.32 Å². The Balaban J connectivity index is 1.79. The maximum absolute atomic E-state index is 5.93. The molecule has 110 valence electrons. The molecular formula is C20H18ClN. The van der Waals surface area contributed by atoms with Crippen LogP contribution in [-0.4, -0.2) is 0 Å². The molecule has 0 amide bonds. The molecule has 0 spiro atoms. The zero-order valence-electron chi connectivity index (χ0n) is 12.7. The molecule has 1 nitrogen and oxygen atoms in total.